The molecule has 5 heteroatoms. The van der Waals surface area contributed by atoms with Crippen molar-refractivity contribution in [2.24, 2.45) is 5.73 Å². The van der Waals surface area contributed by atoms with Gasteiger partial charge in [0.15, 0.2) is 0 Å². The summed E-state index contributed by atoms with van der Waals surface area (Å²) in [4.78, 5) is 0. The number of ether oxygens (including phenoxy) is 1. The van der Waals surface area contributed by atoms with Gasteiger partial charge in [-0.3, -0.25) is 0 Å². The molecule has 1 unspecified atom stereocenters. The topological polar surface area (TPSA) is 95.9 Å². The molecule has 11 heavy (non-hydrogen) atoms. The highest BCUT2D eigenvalue weighted by Gasteiger charge is 2.33. The van der Waals surface area contributed by atoms with E-state index in [2.05, 4.69) is 0 Å². The van der Waals surface area contributed by atoms with Gasteiger partial charge in [0.05, 0.1) is 18.8 Å². The smallest absolute Gasteiger partial charge is 0.132 e. The maximum atomic E-state index is 9.16. The van der Waals surface area contributed by atoms with E-state index in [0.29, 0.717) is 0 Å². The second kappa shape index (κ2) is 3.46. The Morgan fingerprint density at radius 2 is 2.00 bits per heavy atom. The van der Waals surface area contributed by atoms with Crippen LogP contribution in [0.15, 0.2) is 0 Å². The minimum atomic E-state index is -0.840. The van der Waals surface area contributed by atoms with Gasteiger partial charge in [-0.2, -0.15) is 0 Å². The molecule has 0 amide bonds. The SMILES string of the molecule is NC1O[C@H](CO)[C@@H](O)C[C@H]1O. The van der Waals surface area contributed by atoms with Crippen molar-refractivity contribution in [3.63, 3.8) is 0 Å². The van der Waals surface area contributed by atoms with Crippen molar-refractivity contribution in [1.82, 2.24) is 0 Å². The molecular formula is C6H13NO4. The fourth-order valence-electron chi connectivity index (χ4n) is 1.08. The summed E-state index contributed by atoms with van der Waals surface area (Å²) < 4.78 is 4.89. The second-order valence-electron chi connectivity index (χ2n) is 2.69. The molecule has 1 aliphatic rings. The molecule has 0 bridgehead atoms. The molecule has 66 valence electrons. The molecule has 0 aromatic rings. The van der Waals surface area contributed by atoms with Crippen LogP contribution in [-0.4, -0.2) is 46.5 Å². The zero-order valence-corrected chi connectivity index (χ0v) is 6.05. The van der Waals surface area contributed by atoms with E-state index in [9.17, 15) is 0 Å². The lowest BCUT2D eigenvalue weighted by Gasteiger charge is -2.34. The van der Waals surface area contributed by atoms with Gasteiger partial charge in [-0.1, -0.05) is 0 Å². The van der Waals surface area contributed by atoms with Gasteiger partial charge in [0.1, 0.15) is 12.3 Å². The summed E-state index contributed by atoms with van der Waals surface area (Å²) >= 11 is 0. The molecule has 0 radical (unpaired) electrons. The summed E-state index contributed by atoms with van der Waals surface area (Å²) in [6, 6.07) is 0. The number of nitrogens with two attached hydrogens (primary N) is 1. The monoisotopic (exact) mass is 163 g/mol. The molecule has 1 aliphatic heterocycles. The number of hydrogen-bond donors (Lipinski definition) is 4. The molecule has 5 N–H and O–H groups in total. The standard InChI is InChI=1S/C6H13NO4/c7-6-4(10)1-3(9)5(2-8)11-6/h3-6,8-10H,1-2,7H2/t3-,4+,5+,6?/m0/s1. The normalized spacial score (nSPS) is 45.8. The molecule has 0 aliphatic carbocycles. The molecule has 1 saturated heterocycles. The van der Waals surface area contributed by atoms with Crippen LogP contribution in [0, 0.1) is 0 Å². The van der Waals surface area contributed by atoms with E-state index in [1.165, 1.54) is 0 Å². The first kappa shape index (κ1) is 8.89. The second-order valence-corrected chi connectivity index (χ2v) is 2.69. The van der Waals surface area contributed by atoms with Gasteiger partial charge in [-0.05, 0) is 0 Å². The molecule has 5 nitrogen and oxygen atoms in total. The summed E-state index contributed by atoms with van der Waals surface area (Å²) in [5, 5.41) is 26.9. The Labute approximate surface area is 64.4 Å². The van der Waals surface area contributed by atoms with Crippen molar-refractivity contribution in [2.45, 2.75) is 31.0 Å². The van der Waals surface area contributed by atoms with Gasteiger partial charge in [0, 0.05) is 6.42 Å². The summed E-state index contributed by atoms with van der Waals surface area (Å²) in [7, 11) is 0. The van der Waals surface area contributed by atoms with Crippen molar-refractivity contribution >= 4 is 0 Å². The minimum Gasteiger partial charge on any atom is -0.394 e. The Balaban J connectivity index is 2.48. The zero-order chi connectivity index (χ0) is 8.43. The Bertz CT molecular complexity index is 132. The van der Waals surface area contributed by atoms with Crippen LogP contribution in [-0.2, 0) is 4.74 Å². The first-order valence-corrected chi connectivity index (χ1v) is 3.53. The summed E-state index contributed by atoms with van der Waals surface area (Å²) in [5.41, 5.74) is 5.31. The molecule has 4 atom stereocenters. The predicted molar refractivity (Wildman–Crippen MR) is 36.6 cm³/mol. The van der Waals surface area contributed by atoms with Crippen LogP contribution < -0.4 is 5.73 Å². The Hall–Kier alpha value is -0.200. The number of hydrogen-bond acceptors (Lipinski definition) is 5. The lowest BCUT2D eigenvalue weighted by Crippen LogP contribution is -2.52. The van der Waals surface area contributed by atoms with E-state index in [0.717, 1.165) is 0 Å². The number of rotatable bonds is 1. The van der Waals surface area contributed by atoms with Crippen molar-refractivity contribution in [3.8, 4) is 0 Å². The van der Waals surface area contributed by atoms with Crippen molar-refractivity contribution in [3.05, 3.63) is 0 Å². The van der Waals surface area contributed by atoms with Crippen molar-refractivity contribution in [1.29, 1.82) is 0 Å². The maximum absolute atomic E-state index is 9.16. The lowest BCUT2D eigenvalue weighted by atomic mass is 10.0. The average molecular weight is 163 g/mol. The van der Waals surface area contributed by atoms with E-state index in [1.54, 1.807) is 0 Å². The molecule has 0 aromatic carbocycles. The maximum Gasteiger partial charge on any atom is 0.132 e. The first-order chi connectivity index (χ1) is 5.15. The van der Waals surface area contributed by atoms with Gasteiger partial charge in [-0.15, -0.1) is 0 Å². The highest BCUT2D eigenvalue weighted by Crippen LogP contribution is 2.16. The molecule has 0 saturated carbocycles. The summed E-state index contributed by atoms with van der Waals surface area (Å²) in [6.45, 7) is -0.276. The van der Waals surface area contributed by atoms with E-state index in [-0.39, 0.29) is 13.0 Å². The fraction of sp³-hybridized carbons (Fsp3) is 1.00. The third-order valence-corrected chi connectivity index (χ3v) is 1.80. The highest BCUT2D eigenvalue weighted by molar-refractivity contribution is 4.81. The molecule has 0 aromatic heterocycles. The molecule has 1 heterocycles. The zero-order valence-electron chi connectivity index (χ0n) is 6.05. The van der Waals surface area contributed by atoms with Crippen LogP contribution in [0.4, 0.5) is 0 Å². The summed E-state index contributed by atoms with van der Waals surface area (Å²) in [6.07, 6.45) is -2.96. The predicted octanol–water partition coefficient (Wildman–Crippen LogP) is -2.23. The average Bonchev–Trinajstić information content (AvgIpc) is 1.97. The Kier molecular flexibility index (Phi) is 2.80. The van der Waals surface area contributed by atoms with Gasteiger partial charge >= 0.3 is 0 Å². The number of aliphatic hydroxyl groups excluding tert-OH is 3. The van der Waals surface area contributed by atoms with Crippen LogP contribution in [0.2, 0.25) is 0 Å². The third-order valence-electron chi connectivity index (χ3n) is 1.80. The molecule has 1 fully saturated rings. The Morgan fingerprint density at radius 3 is 2.55 bits per heavy atom. The lowest BCUT2D eigenvalue weighted by molar-refractivity contribution is -0.177. The van der Waals surface area contributed by atoms with Gasteiger partial charge < -0.3 is 25.8 Å². The van der Waals surface area contributed by atoms with E-state index < -0.39 is 24.5 Å². The molecule has 1 rings (SSSR count). The van der Waals surface area contributed by atoms with Gasteiger partial charge in [-0.25, -0.2) is 0 Å². The molecule has 0 spiro atoms. The summed E-state index contributed by atoms with van der Waals surface area (Å²) in [5.74, 6) is 0. The van der Waals surface area contributed by atoms with E-state index >= 15 is 0 Å². The van der Waals surface area contributed by atoms with E-state index in [1.807, 2.05) is 0 Å². The van der Waals surface area contributed by atoms with Crippen LogP contribution in [0.5, 0.6) is 0 Å². The fourth-order valence-corrected chi connectivity index (χ4v) is 1.08. The van der Waals surface area contributed by atoms with Gasteiger partial charge in [0.2, 0.25) is 0 Å². The number of aliphatic hydroxyl groups is 3. The highest BCUT2D eigenvalue weighted by atomic mass is 16.5. The van der Waals surface area contributed by atoms with Crippen molar-refractivity contribution in [2.75, 3.05) is 6.61 Å². The van der Waals surface area contributed by atoms with Crippen molar-refractivity contribution < 1.29 is 20.1 Å². The van der Waals surface area contributed by atoms with Crippen LogP contribution in [0.25, 0.3) is 0 Å². The quantitative estimate of drug-likeness (QED) is 0.351. The van der Waals surface area contributed by atoms with Gasteiger partial charge in [0.25, 0.3) is 0 Å². The molecular weight excluding hydrogens is 150 g/mol. The van der Waals surface area contributed by atoms with E-state index in [4.69, 9.17) is 25.8 Å². The van der Waals surface area contributed by atoms with Crippen LogP contribution in [0.3, 0.4) is 0 Å². The Morgan fingerprint density at radius 1 is 1.36 bits per heavy atom. The first-order valence-electron chi connectivity index (χ1n) is 3.53. The van der Waals surface area contributed by atoms with Crippen LogP contribution in [0.1, 0.15) is 6.42 Å². The third kappa shape index (κ3) is 1.88. The van der Waals surface area contributed by atoms with Crippen LogP contribution >= 0.6 is 0 Å². The minimum absolute atomic E-state index is 0.159. The largest absolute Gasteiger partial charge is 0.394 e.